The fourth-order valence-electron chi connectivity index (χ4n) is 3.04. The minimum atomic E-state index is 0.0243. The molecule has 1 aromatic carbocycles. The van der Waals surface area contributed by atoms with Crippen LogP contribution < -0.4 is 4.90 Å². The van der Waals surface area contributed by atoms with Gasteiger partial charge in [0.15, 0.2) is 0 Å². The summed E-state index contributed by atoms with van der Waals surface area (Å²) >= 11 is 1.48. The Bertz CT molecular complexity index is 995. The van der Waals surface area contributed by atoms with Crippen molar-refractivity contribution in [2.24, 2.45) is 0 Å². The molecule has 0 bridgehead atoms. The Hall–Kier alpha value is -2.41. The molecule has 0 saturated carbocycles. The topological polar surface area (TPSA) is 63.4 Å². The number of hydrogen-bond donors (Lipinski definition) is 0. The molecule has 0 spiro atoms. The van der Waals surface area contributed by atoms with Crippen LogP contribution in [0.1, 0.15) is 28.1 Å². The molecule has 0 aliphatic rings. The highest BCUT2D eigenvalue weighted by Crippen LogP contribution is 2.23. The summed E-state index contributed by atoms with van der Waals surface area (Å²) in [4.78, 5) is 23.6. The van der Waals surface area contributed by atoms with E-state index >= 15 is 0 Å². The lowest BCUT2D eigenvalue weighted by Gasteiger charge is -2.21. The predicted molar refractivity (Wildman–Crippen MR) is 105 cm³/mol. The lowest BCUT2D eigenvalue weighted by Crippen LogP contribution is -2.29. The molecule has 2 aromatic heterocycles. The Labute approximate surface area is 157 Å². The van der Waals surface area contributed by atoms with Crippen molar-refractivity contribution in [1.29, 1.82) is 0 Å². The third kappa shape index (κ3) is 3.19. The number of thioether (sulfide) groups is 1. The second-order valence-corrected chi connectivity index (χ2v) is 7.19. The number of rotatable bonds is 4. The monoisotopic (exact) mass is 369 g/mol. The van der Waals surface area contributed by atoms with Crippen molar-refractivity contribution in [1.82, 2.24) is 19.6 Å². The van der Waals surface area contributed by atoms with Gasteiger partial charge in [-0.15, -0.1) is 5.10 Å². The molecular formula is C19H23N5OS. The standard InChI is InChI=1S/C19H23N5OS/c1-11-8-7-9-16(12(11)2)23(5)17(25)10-15-13(3)20-18-21-19(26-6)22-24(18)14(15)4/h7-9H,10H2,1-6H3. The predicted octanol–water partition coefficient (Wildman–Crippen LogP) is 3.29. The highest BCUT2D eigenvalue weighted by molar-refractivity contribution is 7.98. The third-order valence-electron chi connectivity index (χ3n) is 4.85. The van der Waals surface area contributed by atoms with Crippen molar-refractivity contribution in [3.05, 3.63) is 46.3 Å². The zero-order chi connectivity index (χ0) is 19.0. The van der Waals surface area contributed by atoms with Crippen molar-refractivity contribution in [2.75, 3.05) is 18.2 Å². The minimum absolute atomic E-state index is 0.0243. The molecule has 0 saturated heterocycles. The van der Waals surface area contributed by atoms with Crippen LogP contribution in [0.25, 0.3) is 5.78 Å². The van der Waals surface area contributed by atoms with Gasteiger partial charge >= 0.3 is 0 Å². The number of nitrogens with zero attached hydrogens (tertiary/aromatic N) is 5. The normalized spacial score (nSPS) is 11.2. The summed E-state index contributed by atoms with van der Waals surface area (Å²) in [5, 5.41) is 5.13. The number of aromatic nitrogens is 4. The van der Waals surface area contributed by atoms with E-state index in [0.717, 1.165) is 28.2 Å². The highest BCUT2D eigenvalue weighted by Gasteiger charge is 2.19. The van der Waals surface area contributed by atoms with Crippen molar-refractivity contribution in [3.63, 3.8) is 0 Å². The maximum absolute atomic E-state index is 12.9. The molecule has 7 heteroatoms. The van der Waals surface area contributed by atoms with Crippen molar-refractivity contribution in [2.45, 2.75) is 39.3 Å². The van der Waals surface area contributed by atoms with Crippen LogP contribution >= 0.6 is 11.8 Å². The minimum Gasteiger partial charge on any atom is -0.315 e. The lowest BCUT2D eigenvalue weighted by atomic mass is 10.1. The Balaban J connectivity index is 1.95. The van der Waals surface area contributed by atoms with Gasteiger partial charge in [-0.05, 0) is 51.1 Å². The summed E-state index contributed by atoms with van der Waals surface area (Å²) < 4.78 is 1.72. The summed E-state index contributed by atoms with van der Waals surface area (Å²) in [5.41, 5.74) is 5.85. The molecule has 0 unspecified atom stereocenters. The Morgan fingerprint density at radius 2 is 1.92 bits per heavy atom. The van der Waals surface area contributed by atoms with Gasteiger partial charge in [0.25, 0.3) is 5.78 Å². The number of fused-ring (bicyclic) bond motifs is 1. The van der Waals surface area contributed by atoms with Crippen LogP contribution in [-0.4, -0.2) is 38.8 Å². The highest BCUT2D eigenvalue weighted by atomic mass is 32.2. The number of amides is 1. The van der Waals surface area contributed by atoms with Crippen LogP contribution in [0, 0.1) is 27.7 Å². The van der Waals surface area contributed by atoms with Crippen molar-refractivity contribution in [3.8, 4) is 0 Å². The summed E-state index contributed by atoms with van der Waals surface area (Å²) in [7, 11) is 1.82. The van der Waals surface area contributed by atoms with E-state index in [2.05, 4.69) is 28.1 Å². The first-order valence-electron chi connectivity index (χ1n) is 8.43. The van der Waals surface area contributed by atoms with Gasteiger partial charge in [-0.25, -0.2) is 9.50 Å². The number of anilines is 1. The summed E-state index contributed by atoms with van der Waals surface area (Å²) in [6, 6.07) is 6.01. The molecule has 0 aliphatic heterocycles. The summed E-state index contributed by atoms with van der Waals surface area (Å²) in [6.45, 7) is 7.97. The number of likely N-dealkylation sites (N-methyl/N-ethyl adjacent to an activating group) is 1. The SMILES string of the molecule is CSc1nc2nc(C)c(CC(=O)N(C)c3cccc(C)c3C)c(C)n2n1. The fourth-order valence-corrected chi connectivity index (χ4v) is 3.37. The largest absolute Gasteiger partial charge is 0.315 e. The van der Waals surface area contributed by atoms with Crippen molar-refractivity contribution >= 4 is 29.1 Å². The first-order valence-corrected chi connectivity index (χ1v) is 9.65. The molecule has 2 heterocycles. The zero-order valence-corrected chi connectivity index (χ0v) is 16.8. The van der Waals surface area contributed by atoms with E-state index in [1.165, 1.54) is 17.3 Å². The zero-order valence-electron chi connectivity index (χ0n) is 16.0. The molecule has 6 nitrogen and oxygen atoms in total. The number of carbonyl (C=O) groups excluding carboxylic acids is 1. The smallest absolute Gasteiger partial charge is 0.253 e. The van der Waals surface area contributed by atoms with Gasteiger partial charge in [-0.3, -0.25) is 4.79 Å². The maximum atomic E-state index is 12.9. The number of carbonyl (C=O) groups is 1. The molecule has 0 N–H and O–H groups in total. The van der Waals surface area contributed by atoms with E-state index < -0.39 is 0 Å². The van der Waals surface area contributed by atoms with Gasteiger partial charge in [-0.2, -0.15) is 4.98 Å². The van der Waals surface area contributed by atoms with Gasteiger partial charge in [-0.1, -0.05) is 23.9 Å². The fraction of sp³-hybridized carbons (Fsp3) is 0.368. The average molecular weight is 369 g/mol. The van der Waals surface area contributed by atoms with Crippen LogP contribution in [0.2, 0.25) is 0 Å². The second-order valence-electron chi connectivity index (χ2n) is 6.42. The van der Waals surface area contributed by atoms with Crippen LogP contribution in [0.5, 0.6) is 0 Å². The molecular weight excluding hydrogens is 346 g/mol. The first kappa shape index (κ1) is 18.4. The van der Waals surface area contributed by atoms with Crippen LogP contribution in [0.4, 0.5) is 5.69 Å². The maximum Gasteiger partial charge on any atom is 0.253 e. The molecule has 0 fully saturated rings. The van der Waals surface area contributed by atoms with E-state index in [1.54, 1.807) is 9.42 Å². The molecule has 26 heavy (non-hydrogen) atoms. The van der Waals surface area contributed by atoms with E-state index in [1.807, 2.05) is 46.2 Å². The molecule has 0 atom stereocenters. The number of aryl methyl sites for hydroxylation is 3. The summed E-state index contributed by atoms with van der Waals surface area (Å²) in [6.07, 6.45) is 2.21. The van der Waals surface area contributed by atoms with E-state index in [-0.39, 0.29) is 12.3 Å². The second kappa shape index (κ2) is 7.07. The van der Waals surface area contributed by atoms with Gasteiger partial charge < -0.3 is 4.90 Å². The molecule has 3 aromatic rings. The van der Waals surface area contributed by atoms with Crippen molar-refractivity contribution < 1.29 is 4.79 Å². The summed E-state index contributed by atoms with van der Waals surface area (Å²) in [5.74, 6) is 0.597. The van der Waals surface area contributed by atoms with Crippen LogP contribution in [-0.2, 0) is 11.2 Å². The van der Waals surface area contributed by atoms with E-state index in [4.69, 9.17) is 0 Å². The molecule has 136 valence electrons. The lowest BCUT2D eigenvalue weighted by molar-refractivity contribution is -0.117. The third-order valence-corrected chi connectivity index (χ3v) is 5.39. The molecule has 0 radical (unpaired) electrons. The van der Waals surface area contributed by atoms with E-state index in [9.17, 15) is 4.79 Å². The molecule has 3 rings (SSSR count). The first-order chi connectivity index (χ1) is 12.3. The number of hydrogen-bond acceptors (Lipinski definition) is 5. The molecule has 0 aliphatic carbocycles. The number of benzene rings is 1. The average Bonchev–Trinajstić information content (AvgIpc) is 3.03. The van der Waals surface area contributed by atoms with Gasteiger partial charge in [0.05, 0.1) is 6.42 Å². The van der Waals surface area contributed by atoms with Crippen LogP contribution in [0.3, 0.4) is 0 Å². The van der Waals surface area contributed by atoms with Crippen LogP contribution in [0.15, 0.2) is 23.4 Å². The van der Waals surface area contributed by atoms with Gasteiger partial charge in [0.1, 0.15) is 0 Å². The Morgan fingerprint density at radius 3 is 2.62 bits per heavy atom. The quantitative estimate of drug-likeness (QED) is 0.661. The van der Waals surface area contributed by atoms with E-state index in [0.29, 0.717) is 10.9 Å². The van der Waals surface area contributed by atoms with Gasteiger partial charge in [0, 0.05) is 29.7 Å². The van der Waals surface area contributed by atoms with Gasteiger partial charge in [0.2, 0.25) is 11.1 Å². The Morgan fingerprint density at radius 1 is 1.19 bits per heavy atom. The Kier molecular flexibility index (Phi) is 5.00. The molecule has 1 amide bonds.